The molecule has 0 unspecified atom stereocenters. The molecule has 15 nitrogen and oxygen atoms in total. The molecule has 3 saturated carbocycles. The molecule has 3 aliphatic carbocycles. The van der Waals surface area contributed by atoms with Crippen molar-refractivity contribution in [2.75, 3.05) is 66.1 Å². The summed E-state index contributed by atoms with van der Waals surface area (Å²) in [6.07, 6.45) is 27.7. The van der Waals surface area contributed by atoms with Crippen molar-refractivity contribution in [1.29, 1.82) is 0 Å². The molecule has 0 aromatic heterocycles. The fourth-order valence-corrected chi connectivity index (χ4v) is 15.3. The lowest BCUT2D eigenvalue weighted by Crippen LogP contribution is -2.24. The van der Waals surface area contributed by atoms with Gasteiger partial charge in [0.15, 0.2) is 11.6 Å². The quantitative estimate of drug-likeness (QED) is 0.00884. The van der Waals surface area contributed by atoms with Crippen molar-refractivity contribution in [3.63, 3.8) is 0 Å². The van der Waals surface area contributed by atoms with Crippen molar-refractivity contribution >= 4 is 17.9 Å². The Morgan fingerprint density at radius 3 is 1.28 bits per heavy atom. The highest BCUT2D eigenvalue weighted by molar-refractivity contribution is 5.91. The largest absolute Gasteiger partial charge is 0.494 e. The summed E-state index contributed by atoms with van der Waals surface area (Å²) in [5.74, 6) is 3.30. The fraction of sp³-hybridized carbons (Fsp3) is 0.467. The van der Waals surface area contributed by atoms with Crippen LogP contribution < -0.4 is 28.4 Å². The van der Waals surface area contributed by atoms with Crippen LogP contribution in [0.25, 0.3) is 33.4 Å². The number of hydrogen-bond acceptors (Lipinski definition) is 15. The minimum absolute atomic E-state index is 0.0977. The van der Waals surface area contributed by atoms with E-state index in [4.69, 9.17) is 57.1 Å². The summed E-state index contributed by atoms with van der Waals surface area (Å²) < 4.78 is 116. The summed E-state index contributed by atoms with van der Waals surface area (Å²) >= 11 is 0. The van der Waals surface area contributed by atoms with Crippen LogP contribution in [0.5, 0.6) is 34.5 Å². The van der Waals surface area contributed by atoms with Gasteiger partial charge >= 0.3 is 17.9 Å². The van der Waals surface area contributed by atoms with Gasteiger partial charge in [-0.15, -0.1) is 0 Å². The number of rotatable bonds is 47. The van der Waals surface area contributed by atoms with E-state index in [1.165, 1.54) is 86.1 Å². The molecule has 0 amide bonds. The second-order valence-electron chi connectivity index (χ2n) is 34.1. The molecule has 0 N–H and O–H groups in total. The van der Waals surface area contributed by atoms with E-state index in [2.05, 4.69) is 46.8 Å². The van der Waals surface area contributed by atoms with Crippen molar-refractivity contribution < 1.29 is 89.1 Å². The molecule has 3 fully saturated rings. The van der Waals surface area contributed by atoms with Gasteiger partial charge in [0.05, 0.1) is 88.9 Å². The van der Waals surface area contributed by atoms with Gasteiger partial charge in [-0.2, -0.15) is 0 Å². The second kappa shape index (κ2) is 54.7. The third-order valence-corrected chi connectivity index (χ3v) is 23.4. The molecule has 0 atom stereocenters. The van der Waals surface area contributed by atoms with Gasteiger partial charge in [0, 0.05) is 12.0 Å². The predicted octanol–water partition coefficient (Wildman–Crippen LogP) is 27.4. The minimum atomic E-state index is -0.727. The van der Waals surface area contributed by atoms with E-state index in [1.54, 1.807) is 48.5 Å². The molecule has 19 heteroatoms. The Hall–Kier alpha value is -10.2. The topological polar surface area (TPSA) is 162 Å². The molecule has 126 heavy (non-hydrogen) atoms. The summed E-state index contributed by atoms with van der Waals surface area (Å²) in [7, 11) is 0. The number of aryl methyl sites for hydroxylation is 2. The summed E-state index contributed by atoms with van der Waals surface area (Å²) in [6.45, 7) is 19.1. The van der Waals surface area contributed by atoms with Gasteiger partial charge in [0.25, 0.3) is 0 Å². The molecule has 9 aromatic rings. The van der Waals surface area contributed by atoms with Crippen molar-refractivity contribution in [2.45, 2.75) is 234 Å². The summed E-state index contributed by atoms with van der Waals surface area (Å²) in [4.78, 5) is 47.8. The number of unbranched alkanes of at least 4 members (excludes halogenated alkanes) is 10. The zero-order chi connectivity index (χ0) is 88.9. The number of benzene rings is 9. The Kier molecular flexibility index (Phi) is 42.6. The zero-order valence-electron chi connectivity index (χ0n) is 74.9. The van der Waals surface area contributed by atoms with Crippen molar-refractivity contribution in [3.05, 3.63) is 251 Å². The number of esters is 3. The standard InChI is InChI=1S/C39H52O7.C35H42F2O4.C33H38F2O4/c1-31-9-13-33(14-10-31)29-44-38-23-17-35(18-24-38)39(40)43-27-5-3-4-6-28-45-46-30-34-15-21-37(22-16-34)42-26-8-7-25-41-36-19-11-32(2)12-20-36;1-3-4-5-6-20-41-35(38)32-19-13-28(24-34(32)37)31-18-12-27(23-33(31)36)26-10-16-30(17-11-26)40-22-7-21-39-29-14-8-25(2)9-15-29;1-23-7-13-27(14-8-23)37-19-5-3-4-6-20-38-32-18-12-26(22-31(32)35)25-11-17-29(30(34)21-25)33(36)39-28-15-9-24(2)10-16-28/h11-12,15-24,31,33H,3-10,13-14,25-30H2,1-2H3;10-13,16-19,23-25,29H,3-9,14-15,20-22H2,1-2H3;7-8,11-14,17-18,21-22,24,28H,3-6,9-10,15-16,19-20H2,1-2H3. The van der Waals surface area contributed by atoms with Gasteiger partial charge in [-0.1, -0.05) is 156 Å². The Morgan fingerprint density at radius 2 is 0.730 bits per heavy atom. The highest BCUT2D eigenvalue weighted by Crippen LogP contribution is 2.35. The van der Waals surface area contributed by atoms with Gasteiger partial charge in [-0.25, -0.2) is 41.7 Å². The third kappa shape index (κ3) is 35.2. The van der Waals surface area contributed by atoms with Gasteiger partial charge < -0.3 is 47.4 Å². The minimum Gasteiger partial charge on any atom is -0.494 e. The van der Waals surface area contributed by atoms with Gasteiger partial charge in [0.2, 0.25) is 0 Å². The maximum Gasteiger partial charge on any atom is 0.341 e. The van der Waals surface area contributed by atoms with Crippen molar-refractivity contribution in [3.8, 4) is 67.9 Å². The van der Waals surface area contributed by atoms with Crippen LogP contribution in [0.15, 0.2) is 194 Å². The first-order chi connectivity index (χ1) is 61.4. The molecule has 9 aromatic carbocycles. The molecule has 0 heterocycles. The van der Waals surface area contributed by atoms with Crippen LogP contribution in [0.2, 0.25) is 0 Å². The fourth-order valence-electron chi connectivity index (χ4n) is 15.3. The lowest BCUT2D eigenvalue weighted by atomic mass is 9.83. The maximum atomic E-state index is 15.1. The Morgan fingerprint density at radius 1 is 0.325 bits per heavy atom. The monoisotopic (exact) mass is 1730 g/mol. The molecular formula is C107H132F4O15. The van der Waals surface area contributed by atoms with Crippen molar-refractivity contribution in [2.24, 2.45) is 23.7 Å². The summed E-state index contributed by atoms with van der Waals surface area (Å²) in [5, 5.41) is 0. The second-order valence-corrected chi connectivity index (χ2v) is 34.1. The summed E-state index contributed by atoms with van der Waals surface area (Å²) in [5.41, 5.74) is 6.94. The molecule has 0 radical (unpaired) electrons. The predicted molar refractivity (Wildman–Crippen MR) is 489 cm³/mol. The molecule has 0 saturated heterocycles. The SMILES string of the molecule is CCCCCCOC(=O)c1ccc(-c2ccc(-c3ccc(OCCCOC4CCC(C)CC4)cc3)cc2F)cc1F.Cc1ccc(OCCCCCCOc2ccc(-c3ccc(C(=O)OC4CCC(C)CC4)c(F)c3)cc2F)cc1.Cc1ccc(OCCCCOc2ccc(COOCCCCCCOC(=O)c3ccc(OCC4CCC(C)CC4)cc3)cc2)cc1. The molecule has 0 aliphatic heterocycles. The van der Waals surface area contributed by atoms with E-state index in [0.717, 1.165) is 193 Å². The highest BCUT2D eigenvalue weighted by Gasteiger charge is 2.26. The Labute approximate surface area is 745 Å². The van der Waals surface area contributed by atoms with E-state index < -0.39 is 35.2 Å². The zero-order valence-corrected chi connectivity index (χ0v) is 74.9. The van der Waals surface area contributed by atoms with E-state index in [0.29, 0.717) is 105 Å². The highest BCUT2D eigenvalue weighted by atomic mass is 19.1. The normalized spacial score (nSPS) is 16.7. The van der Waals surface area contributed by atoms with Crippen LogP contribution in [0, 0.1) is 60.8 Å². The lowest BCUT2D eigenvalue weighted by molar-refractivity contribution is -0.304. The number of ether oxygens (including phenoxy) is 10. The molecular weight excluding hydrogens is 1600 g/mol. The number of halogens is 4. The van der Waals surface area contributed by atoms with Crippen LogP contribution in [0.1, 0.15) is 249 Å². The van der Waals surface area contributed by atoms with Gasteiger partial charge in [-0.3, -0.25) is 0 Å². The molecule has 0 bridgehead atoms. The van der Waals surface area contributed by atoms with E-state index >= 15 is 4.39 Å². The average molecular weight is 1730 g/mol. The number of carbonyl (C=O) groups excluding carboxylic acids is 3. The number of hydrogen-bond donors (Lipinski definition) is 0. The van der Waals surface area contributed by atoms with Gasteiger partial charge in [-0.05, 0) is 315 Å². The number of carbonyl (C=O) groups is 3. The first-order valence-corrected chi connectivity index (χ1v) is 46.2. The van der Waals surface area contributed by atoms with E-state index in [1.807, 2.05) is 104 Å². The average Bonchev–Trinajstić information content (AvgIpc) is 0.806. The molecule has 678 valence electrons. The van der Waals surface area contributed by atoms with Crippen LogP contribution in [-0.4, -0.2) is 96.2 Å². The smallest absolute Gasteiger partial charge is 0.341 e. The molecule has 12 rings (SSSR count). The van der Waals surface area contributed by atoms with E-state index in [9.17, 15) is 27.6 Å². The summed E-state index contributed by atoms with van der Waals surface area (Å²) in [6, 6.07) is 56.6. The Bertz CT molecular complexity index is 4630. The molecule has 0 spiro atoms. The maximum absolute atomic E-state index is 15.1. The first kappa shape index (κ1) is 98.0. The van der Waals surface area contributed by atoms with E-state index in [-0.39, 0.29) is 41.1 Å². The van der Waals surface area contributed by atoms with Gasteiger partial charge in [0.1, 0.15) is 58.9 Å². The first-order valence-electron chi connectivity index (χ1n) is 46.2. The van der Waals surface area contributed by atoms with Crippen LogP contribution >= 0.6 is 0 Å². The lowest BCUT2D eigenvalue weighted by Gasteiger charge is -2.26. The molecule has 3 aliphatic rings. The Balaban J connectivity index is 0.000000198. The third-order valence-electron chi connectivity index (χ3n) is 23.4. The van der Waals surface area contributed by atoms with Crippen LogP contribution in [0.3, 0.4) is 0 Å². The van der Waals surface area contributed by atoms with Crippen LogP contribution in [0.4, 0.5) is 17.6 Å². The van der Waals surface area contributed by atoms with Crippen molar-refractivity contribution in [1.82, 2.24) is 0 Å². The van der Waals surface area contributed by atoms with Crippen LogP contribution in [-0.2, 0) is 35.3 Å².